The Morgan fingerprint density at radius 2 is 1.86 bits per heavy atom. The summed E-state index contributed by atoms with van der Waals surface area (Å²) in [4.78, 5) is 13.7. The number of pyridine rings is 2. The molecule has 0 saturated carbocycles. The van der Waals surface area contributed by atoms with Gasteiger partial charge in [0.15, 0.2) is 12.1 Å². The summed E-state index contributed by atoms with van der Waals surface area (Å²) < 4.78 is 16.8. The third-order valence-electron chi connectivity index (χ3n) is 5.43. The average Bonchev–Trinajstić information content (AvgIpc) is 2.88. The second-order valence-electron chi connectivity index (χ2n) is 8.28. The van der Waals surface area contributed by atoms with Crippen LogP contribution < -0.4 is 11.1 Å². The van der Waals surface area contributed by atoms with Crippen molar-refractivity contribution >= 4 is 34.5 Å². The molecule has 36 heavy (non-hydrogen) atoms. The van der Waals surface area contributed by atoms with Crippen molar-refractivity contribution in [2.24, 2.45) is 10.7 Å². The third kappa shape index (κ3) is 7.27. The van der Waals surface area contributed by atoms with E-state index in [0.29, 0.717) is 48.4 Å². The number of anilines is 2. The lowest BCUT2D eigenvalue weighted by Gasteiger charge is -2.24. The molecule has 1 atom stereocenters. The molecule has 3 N–H and O–H groups in total. The number of methoxy groups -OCH3 is 1. The van der Waals surface area contributed by atoms with Gasteiger partial charge in [-0.3, -0.25) is 9.98 Å². The van der Waals surface area contributed by atoms with Crippen LogP contribution in [0.25, 0.3) is 16.6 Å². The van der Waals surface area contributed by atoms with Gasteiger partial charge in [0.2, 0.25) is 0 Å². The summed E-state index contributed by atoms with van der Waals surface area (Å²) in [6, 6.07) is 7.65. The van der Waals surface area contributed by atoms with Crippen molar-refractivity contribution in [3.63, 3.8) is 0 Å². The Morgan fingerprint density at radius 3 is 2.53 bits per heavy atom. The smallest absolute Gasteiger partial charge is 0.185 e. The van der Waals surface area contributed by atoms with Gasteiger partial charge in [-0.25, -0.2) is 4.98 Å². The number of fused-ring (bicyclic) bond motifs is 1. The van der Waals surface area contributed by atoms with Gasteiger partial charge in [0.05, 0.1) is 23.8 Å². The van der Waals surface area contributed by atoms with E-state index in [1.807, 2.05) is 38.1 Å². The molecular formula is C26H35N7O3. The lowest BCUT2D eigenvalue weighted by atomic mass is 10.1. The van der Waals surface area contributed by atoms with Crippen LogP contribution in [0.5, 0.6) is 0 Å². The van der Waals surface area contributed by atoms with Gasteiger partial charge < -0.3 is 25.3 Å². The number of rotatable bonds is 13. The molecule has 3 heterocycles. The second-order valence-corrected chi connectivity index (χ2v) is 8.28. The first-order valence-corrected chi connectivity index (χ1v) is 12.0. The third-order valence-corrected chi connectivity index (χ3v) is 5.43. The van der Waals surface area contributed by atoms with E-state index >= 15 is 0 Å². The predicted octanol–water partition coefficient (Wildman–Crippen LogP) is 4.07. The number of aromatic nitrogens is 4. The summed E-state index contributed by atoms with van der Waals surface area (Å²) in [6.45, 7) is 9.43. The summed E-state index contributed by atoms with van der Waals surface area (Å²) >= 11 is 0. The number of hydrogen-bond donors (Lipinski definition) is 2. The summed E-state index contributed by atoms with van der Waals surface area (Å²) in [5.74, 6) is 1.63. The molecular weight excluding hydrogens is 458 g/mol. The van der Waals surface area contributed by atoms with E-state index in [9.17, 15) is 0 Å². The van der Waals surface area contributed by atoms with Crippen LogP contribution in [0.2, 0.25) is 0 Å². The van der Waals surface area contributed by atoms with Crippen LogP contribution in [0.1, 0.15) is 44.7 Å². The topological polar surface area (TPSA) is 130 Å². The molecule has 0 bridgehead atoms. The number of aliphatic imine (C=N–C) groups is 1. The molecule has 0 spiro atoms. The Hall–Kier alpha value is -3.47. The highest BCUT2D eigenvalue weighted by atomic mass is 16.7. The highest BCUT2D eigenvalue weighted by Gasteiger charge is 2.21. The van der Waals surface area contributed by atoms with Crippen LogP contribution in [0, 0.1) is 0 Å². The molecule has 3 aromatic rings. The van der Waals surface area contributed by atoms with Gasteiger partial charge in [-0.05, 0) is 49.6 Å². The fourth-order valence-corrected chi connectivity index (χ4v) is 3.46. The highest BCUT2D eigenvalue weighted by molar-refractivity contribution is 6.10. The van der Waals surface area contributed by atoms with Crippen LogP contribution in [-0.2, 0) is 14.2 Å². The summed E-state index contributed by atoms with van der Waals surface area (Å²) in [5.41, 5.74) is 9.98. The molecule has 192 valence electrons. The van der Waals surface area contributed by atoms with Gasteiger partial charge in [0, 0.05) is 50.1 Å². The van der Waals surface area contributed by atoms with Gasteiger partial charge in [-0.2, -0.15) is 5.10 Å². The first-order valence-electron chi connectivity index (χ1n) is 12.0. The van der Waals surface area contributed by atoms with Crippen LogP contribution in [0.3, 0.4) is 0 Å². The maximum Gasteiger partial charge on any atom is 0.185 e. The van der Waals surface area contributed by atoms with Crippen molar-refractivity contribution in [1.82, 2.24) is 20.2 Å². The molecule has 0 aliphatic heterocycles. The lowest BCUT2D eigenvalue weighted by molar-refractivity contribution is -0.193. The molecule has 3 aromatic heterocycles. The van der Waals surface area contributed by atoms with E-state index in [1.54, 1.807) is 25.7 Å². The number of allylic oxidation sites excluding steroid dienone is 1. The van der Waals surface area contributed by atoms with Crippen LogP contribution >= 0.6 is 0 Å². The van der Waals surface area contributed by atoms with Crippen molar-refractivity contribution in [3.8, 4) is 0 Å². The fraction of sp³-hybridized carbons (Fsp3) is 0.423. The quantitative estimate of drug-likeness (QED) is 0.267. The molecule has 0 fully saturated rings. The standard InChI is InChI=1S/C26H35N7O3/c1-6-35-26(36-7-2)23(34-5)16-28-13-20(12-27)19-10-22-21(29-14-19)8-9-24(31-22)32-25-11-18(17(3)4)15-30-33-25/h8-15,17,23,26H,6-7,16,27H2,1-5H3,(H,31,32,33). The van der Waals surface area contributed by atoms with E-state index in [1.165, 1.54) is 6.20 Å². The van der Waals surface area contributed by atoms with Gasteiger partial charge >= 0.3 is 0 Å². The number of ether oxygens (including phenoxy) is 3. The first kappa shape index (κ1) is 27.1. The van der Waals surface area contributed by atoms with Crippen molar-refractivity contribution < 1.29 is 14.2 Å². The zero-order valence-electron chi connectivity index (χ0n) is 21.5. The SMILES string of the molecule is CCOC(OCC)C(CN=CC(=CN)c1cnc2ccc(Nc3cc(C(C)C)cnn3)nc2c1)OC. The summed E-state index contributed by atoms with van der Waals surface area (Å²) in [5, 5.41) is 11.5. The molecule has 10 heteroatoms. The predicted molar refractivity (Wildman–Crippen MR) is 142 cm³/mol. The van der Waals surface area contributed by atoms with Crippen LogP contribution in [-0.4, -0.2) is 65.6 Å². The molecule has 0 saturated heterocycles. The number of nitrogens with one attached hydrogen (secondary N) is 1. The second kappa shape index (κ2) is 13.6. The van der Waals surface area contributed by atoms with E-state index in [2.05, 4.69) is 39.3 Å². The van der Waals surface area contributed by atoms with Crippen LogP contribution in [0.4, 0.5) is 11.6 Å². The van der Waals surface area contributed by atoms with Gasteiger partial charge in [-0.1, -0.05) is 13.8 Å². The first-order chi connectivity index (χ1) is 17.5. The molecule has 1 unspecified atom stereocenters. The van der Waals surface area contributed by atoms with Crippen molar-refractivity contribution in [3.05, 3.63) is 54.0 Å². The zero-order valence-corrected chi connectivity index (χ0v) is 21.5. The number of nitrogens with two attached hydrogens (primary N) is 1. The molecule has 0 amide bonds. The fourth-order valence-electron chi connectivity index (χ4n) is 3.46. The van der Waals surface area contributed by atoms with Crippen molar-refractivity contribution in [2.75, 3.05) is 32.2 Å². The van der Waals surface area contributed by atoms with Gasteiger partial charge in [-0.15, -0.1) is 5.10 Å². The minimum absolute atomic E-state index is 0.345. The average molecular weight is 494 g/mol. The molecule has 0 aromatic carbocycles. The van der Waals surface area contributed by atoms with E-state index in [-0.39, 0.29) is 6.10 Å². The van der Waals surface area contributed by atoms with Gasteiger partial charge in [0.25, 0.3) is 0 Å². The van der Waals surface area contributed by atoms with Gasteiger partial charge in [0.1, 0.15) is 11.9 Å². The maximum absolute atomic E-state index is 5.91. The minimum Gasteiger partial charge on any atom is -0.404 e. The van der Waals surface area contributed by atoms with E-state index < -0.39 is 6.29 Å². The van der Waals surface area contributed by atoms with E-state index in [4.69, 9.17) is 24.9 Å². The molecule has 0 aliphatic rings. The van der Waals surface area contributed by atoms with Crippen LogP contribution in [0.15, 0.2) is 47.9 Å². The molecule has 3 rings (SSSR count). The molecule has 0 aliphatic carbocycles. The maximum atomic E-state index is 5.91. The number of hydrogen-bond acceptors (Lipinski definition) is 10. The minimum atomic E-state index is -0.490. The Balaban J connectivity index is 1.77. The Labute approximate surface area is 212 Å². The summed E-state index contributed by atoms with van der Waals surface area (Å²) in [7, 11) is 1.61. The largest absolute Gasteiger partial charge is 0.404 e. The summed E-state index contributed by atoms with van der Waals surface area (Å²) in [6.07, 6.45) is 5.87. The van der Waals surface area contributed by atoms with Crippen molar-refractivity contribution in [1.29, 1.82) is 0 Å². The van der Waals surface area contributed by atoms with E-state index in [0.717, 1.165) is 16.6 Å². The lowest BCUT2D eigenvalue weighted by Crippen LogP contribution is -2.35. The molecule has 0 radical (unpaired) electrons. The normalized spacial score (nSPS) is 13.2. The highest BCUT2D eigenvalue weighted by Crippen LogP contribution is 2.22. The Bertz CT molecular complexity index is 1180. The number of nitrogens with zero attached hydrogens (tertiary/aromatic N) is 5. The van der Waals surface area contributed by atoms with Crippen molar-refractivity contribution in [2.45, 2.75) is 46.0 Å². The molecule has 10 nitrogen and oxygen atoms in total. The zero-order chi connectivity index (χ0) is 25.9. The monoisotopic (exact) mass is 493 g/mol. The Kier molecular flexibility index (Phi) is 10.2. The Morgan fingerprint density at radius 1 is 1.08 bits per heavy atom.